The Hall–Kier alpha value is -3.03. The molecule has 3 rings (SSSR count). The van der Waals surface area contributed by atoms with Crippen molar-refractivity contribution in [1.29, 1.82) is 0 Å². The molecule has 0 atom stereocenters. The van der Waals surface area contributed by atoms with E-state index in [1.807, 2.05) is 0 Å². The Morgan fingerprint density at radius 3 is 2.75 bits per heavy atom. The summed E-state index contributed by atoms with van der Waals surface area (Å²) in [5.74, 6) is -0.205. The maximum Gasteiger partial charge on any atom is 0.342 e. The highest BCUT2D eigenvalue weighted by Crippen LogP contribution is 2.30. The Morgan fingerprint density at radius 2 is 2.04 bits per heavy atom. The van der Waals surface area contributed by atoms with Crippen LogP contribution in [0, 0.1) is 0 Å². The maximum absolute atomic E-state index is 11.6. The monoisotopic (exact) mass is 414 g/mol. The predicted molar refractivity (Wildman–Crippen MR) is 108 cm³/mol. The van der Waals surface area contributed by atoms with E-state index >= 15 is 0 Å². The fourth-order valence-electron chi connectivity index (χ4n) is 2.19. The molecule has 0 fully saturated rings. The van der Waals surface area contributed by atoms with E-state index in [-0.39, 0.29) is 16.0 Å². The summed E-state index contributed by atoms with van der Waals surface area (Å²) in [6.07, 6.45) is 3.15. The normalized spacial score (nSPS) is 11.2. The first-order valence-electron chi connectivity index (χ1n) is 8.11. The van der Waals surface area contributed by atoms with Gasteiger partial charge in [0.1, 0.15) is 17.3 Å². The second kappa shape index (κ2) is 9.25. The van der Waals surface area contributed by atoms with Crippen molar-refractivity contribution in [3.05, 3.63) is 76.7 Å². The average molecular weight is 415 g/mol. The van der Waals surface area contributed by atoms with Crippen molar-refractivity contribution in [1.82, 2.24) is 10.2 Å². The third kappa shape index (κ3) is 5.25. The second-order valence-corrected chi connectivity index (χ2v) is 6.90. The Morgan fingerprint density at radius 1 is 1.25 bits per heavy atom. The molecule has 142 valence electrons. The number of thioether (sulfide) groups is 1. The minimum atomic E-state index is -1.10. The first kappa shape index (κ1) is 19.7. The molecule has 0 saturated heterocycles. The summed E-state index contributed by atoms with van der Waals surface area (Å²) in [7, 11) is 0. The molecule has 0 radical (unpaired) electrons. The van der Waals surface area contributed by atoms with Crippen LogP contribution in [0.4, 0.5) is 0 Å². The number of hydrogen-bond donors (Lipinski definition) is 1. The number of benzene rings is 2. The Labute approximate surface area is 170 Å². The molecular formula is C20H15ClN2O4S. The molecule has 0 amide bonds. The molecule has 8 heteroatoms. The predicted octanol–water partition coefficient (Wildman–Crippen LogP) is 5.17. The summed E-state index contributed by atoms with van der Waals surface area (Å²) < 4.78 is 11.0. The summed E-state index contributed by atoms with van der Waals surface area (Å²) in [5, 5.41) is 18.1. The topological polar surface area (TPSA) is 85.5 Å². The highest BCUT2D eigenvalue weighted by atomic mass is 35.5. The highest BCUT2D eigenvalue weighted by Gasteiger charge is 2.16. The molecular weight excluding hydrogens is 400 g/mol. The molecule has 0 aliphatic carbocycles. The summed E-state index contributed by atoms with van der Waals surface area (Å²) in [6, 6.07) is 14.0. The van der Waals surface area contributed by atoms with Gasteiger partial charge in [0.25, 0.3) is 5.22 Å². The van der Waals surface area contributed by atoms with E-state index in [9.17, 15) is 9.90 Å². The van der Waals surface area contributed by atoms with E-state index in [2.05, 4.69) is 16.8 Å². The minimum Gasteiger partial charge on any atom is -0.490 e. The van der Waals surface area contributed by atoms with E-state index < -0.39 is 5.97 Å². The van der Waals surface area contributed by atoms with Gasteiger partial charge in [-0.25, -0.2) is 4.79 Å². The summed E-state index contributed by atoms with van der Waals surface area (Å²) >= 11 is 6.74. The van der Waals surface area contributed by atoms with E-state index in [0.717, 1.165) is 11.8 Å². The molecule has 0 saturated carbocycles. The van der Waals surface area contributed by atoms with Gasteiger partial charge in [0.15, 0.2) is 0 Å². The zero-order chi connectivity index (χ0) is 19.9. The van der Waals surface area contributed by atoms with Gasteiger partial charge in [0.05, 0.1) is 0 Å². The number of carboxylic acid groups (broad SMARTS) is 1. The smallest absolute Gasteiger partial charge is 0.342 e. The second-order valence-electron chi connectivity index (χ2n) is 5.47. The van der Waals surface area contributed by atoms with E-state index in [4.69, 9.17) is 20.8 Å². The fourth-order valence-corrected chi connectivity index (χ4v) is 2.99. The van der Waals surface area contributed by atoms with Crippen LogP contribution in [0.5, 0.6) is 5.75 Å². The zero-order valence-electron chi connectivity index (χ0n) is 14.5. The fraction of sp³-hybridized carbons (Fsp3) is 0.0500. The van der Waals surface area contributed by atoms with E-state index in [1.54, 1.807) is 54.6 Å². The van der Waals surface area contributed by atoms with Gasteiger partial charge in [0, 0.05) is 10.6 Å². The first-order valence-corrected chi connectivity index (χ1v) is 9.30. The Bertz CT molecular complexity index is 1020. The molecule has 0 aliphatic rings. The van der Waals surface area contributed by atoms with Crippen molar-refractivity contribution in [2.24, 2.45) is 0 Å². The number of carbonyl (C=O) groups is 1. The van der Waals surface area contributed by atoms with E-state index in [0.29, 0.717) is 28.5 Å². The molecule has 1 aromatic heterocycles. The molecule has 0 aliphatic heterocycles. The van der Waals surface area contributed by atoms with Crippen LogP contribution < -0.4 is 4.74 Å². The summed E-state index contributed by atoms with van der Waals surface area (Å²) in [6.45, 7) is 3.96. The van der Waals surface area contributed by atoms with Crippen LogP contribution in [0.25, 0.3) is 17.5 Å². The summed E-state index contributed by atoms with van der Waals surface area (Å²) in [5.41, 5.74) is 1.36. The number of halogens is 1. The van der Waals surface area contributed by atoms with Gasteiger partial charge in [-0.2, -0.15) is 0 Å². The lowest BCUT2D eigenvalue weighted by atomic mass is 10.2. The van der Waals surface area contributed by atoms with Crippen molar-refractivity contribution in [2.75, 3.05) is 6.61 Å². The molecule has 3 aromatic rings. The first-order chi connectivity index (χ1) is 13.5. The number of aromatic nitrogens is 2. The average Bonchev–Trinajstić information content (AvgIpc) is 3.15. The Balaban J connectivity index is 1.80. The standard InChI is InChI=1S/C20H15ClN2O4S/c1-2-10-26-16-5-3-4-13(11-16)12-17(19(24)25)28-20-23-22-18(27-20)14-6-8-15(21)9-7-14/h2-9,11-12H,1,10H2,(H,24,25)/b17-12-. The minimum absolute atomic E-state index is 0.0344. The number of hydrogen-bond acceptors (Lipinski definition) is 6. The lowest BCUT2D eigenvalue weighted by Gasteiger charge is -2.04. The molecule has 0 unspecified atom stereocenters. The number of nitrogens with zero attached hydrogens (tertiary/aromatic N) is 2. The van der Waals surface area contributed by atoms with Gasteiger partial charge < -0.3 is 14.3 Å². The van der Waals surface area contributed by atoms with Crippen LogP contribution in [0.15, 0.2) is 75.7 Å². The van der Waals surface area contributed by atoms with Crippen molar-refractivity contribution in [3.8, 4) is 17.2 Å². The summed E-state index contributed by atoms with van der Waals surface area (Å²) in [4.78, 5) is 11.7. The molecule has 0 bridgehead atoms. The van der Waals surface area contributed by atoms with Gasteiger partial charge in [0.2, 0.25) is 5.89 Å². The van der Waals surface area contributed by atoms with Crippen LogP contribution in [-0.4, -0.2) is 27.9 Å². The van der Waals surface area contributed by atoms with Crippen LogP contribution in [-0.2, 0) is 4.79 Å². The lowest BCUT2D eigenvalue weighted by Crippen LogP contribution is -1.97. The Kier molecular flexibility index (Phi) is 6.52. The number of aliphatic carboxylic acids is 1. The lowest BCUT2D eigenvalue weighted by molar-refractivity contribution is -0.131. The van der Waals surface area contributed by atoms with Crippen LogP contribution in [0.3, 0.4) is 0 Å². The van der Waals surface area contributed by atoms with Crippen molar-refractivity contribution in [3.63, 3.8) is 0 Å². The third-order valence-corrected chi connectivity index (χ3v) is 4.53. The van der Waals surface area contributed by atoms with Crippen LogP contribution >= 0.6 is 23.4 Å². The number of ether oxygens (including phenoxy) is 1. The molecule has 2 aromatic carbocycles. The number of rotatable bonds is 8. The van der Waals surface area contributed by atoms with Gasteiger partial charge in [-0.1, -0.05) is 36.4 Å². The molecule has 1 N–H and O–H groups in total. The molecule has 1 heterocycles. The zero-order valence-corrected chi connectivity index (χ0v) is 16.1. The largest absolute Gasteiger partial charge is 0.490 e. The highest BCUT2D eigenvalue weighted by molar-refractivity contribution is 8.03. The van der Waals surface area contributed by atoms with Crippen molar-refractivity contribution in [2.45, 2.75) is 5.22 Å². The SMILES string of the molecule is C=CCOc1cccc(/C=C(\Sc2nnc(-c3ccc(Cl)cc3)o2)C(=O)O)c1. The van der Waals surface area contributed by atoms with Crippen molar-refractivity contribution < 1.29 is 19.1 Å². The molecule has 0 spiro atoms. The van der Waals surface area contributed by atoms with Gasteiger partial charge >= 0.3 is 5.97 Å². The van der Waals surface area contributed by atoms with Gasteiger partial charge in [-0.05, 0) is 59.8 Å². The van der Waals surface area contributed by atoms with E-state index in [1.165, 1.54) is 6.08 Å². The maximum atomic E-state index is 11.6. The number of carboxylic acids is 1. The third-order valence-electron chi connectivity index (χ3n) is 3.43. The van der Waals surface area contributed by atoms with Crippen LogP contribution in [0.2, 0.25) is 5.02 Å². The van der Waals surface area contributed by atoms with Crippen molar-refractivity contribution >= 4 is 35.4 Å². The van der Waals surface area contributed by atoms with Gasteiger partial charge in [-0.15, -0.1) is 10.2 Å². The van der Waals surface area contributed by atoms with Crippen LogP contribution in [0.1, 0.15) is 5.56 Å². The quantitative estimate of drug-likeness (QED) is 0.309. The molecule has 6 nitrogen and oxygen atoms in total. The van der Waals surface area contributed by atoms with Gasteiger partial charge in [-0.3, -0.25) is 0 Å². The molecule has 28 heavy (non-hydrogen) atoms.